The van der Waals surface area contributed by atoms with E-state index in [9.17, 15) is 4.79 Å². The van der Waals surface area contributed by atoms with Crippen LogP contribution in [0.1, 0.15) is 16.7 Å². The smallest absolute Gasteiger partial charge is 0.227 e. The highest BCUT2D eigenvalue weighted by molar-refractivity contribution is 5.89. The van der Waals surface area contributed by atoms with Crippen molar-refractivity contribution in [1.82, 2.24) is 9.88 Å². The SMILES string of the molecule is O=C(Cc1c[nH]c2ccccc12)N1CCc2cc3c(cc2C1)OCCO3. The van der Waals surface area contributed by atoms with E-state index in [1.807, 2.05) is 35.4 Å². The number of ether oxygens (including phenoxy) is 2. The molecule has 0 spiro atoms. The van der Waals surface area contributed by atoms with Gasteiger partial charge in [-0.05, 0) is 41.3 Å². The predicted molar refractivity (Wildman–Crippen MR) is 98.6 cm³/mol. The summed E-state index contributed by atoms with van der Waals surface area (Å²) in [5.74, 6) is 1.78. The number of hydrogen-bond donors (Lipinski definition) is 1. The summed E-state index contributed by atoms with van der Waals surface area (Å²) < 4.78 is 11.4. The van der Waals surface area contributed by atoms with Crippen LogP contribution in [0.15, 0.2) is 42.6 Å². The van der Waals surface area contributed by atoms with E-state index in [1.54, 1.807) is 0 Å². The first kappa shape index (κ1) is 15.3. The van der Waals surface area contributed by atoms with Gasteiger partial charge in [0.25, 0.3) is 0 Å². The van der Waals surface area contributed by atoms with E-state index < -0.39 is 0 Å². The minimum atomic E-state index is 0.162. The number of H-pyrrole nitrogens is 1. The topological polar surface area (TPSA) is 54.6 Å². The highest BCUT2D eigenvalue weighted by Crippen LogP contribution is 2.35. The monoisotopic (exact) mass is 348 g/mol. The zero-order valence-corrected chi connectivity index (χ0v) is 14.5. The van der Waals surface area contributed by atoms with E-state index in [-0.39, 0.29) is 5.91 Å². The number of aromatic amines is 1. The zero-order chi connectivity index (χ0) is 17.5. The molecule has 5 nitrogen and oxygen atoms in total. The molecule has 132 valence electrons. The number of fused-ring (bicyclic) bond motifs is 3. The van der Waals surface area contributed by atoms with Gasteiger partial charge in [-0.2, -0.15) is 0 Å². The molecule has 26 heavy (non-hydrogen) atoms. The van der Waals surface area contributed by atoms with Crippen LogP contribution < -0.4 is 9.47 Å². The lowest BCUT2D eigenvalue weighted by atomic mass is 9.98. The molecule has 1 amide bonds. The van der Waals surface area contributed by atoms with Gasteiger partial charge in [-0.3, -0.25) is 4.79 Å². The van der Waals surface area contributed by atoms with Gasteiger partial charge < -0.3 is 19.4 Å². The number of hydrogen-bond acceptors (Lipinski definition) is 3. The number of rotatable bonds is 2. The number of amides is 1. The molecule has 3 heterocycles. The van der Waals surface area contributed by atoms with Crippen LogP contribution >= 0.6 is 0 Å². The summed E-state index contributed by atoms with van der Waals surface area (Å²) in [6.07, 6.45) is 3.22. The van der Waals surface area contributed by atoms with Crippen LogP contribution in [0.2, 0.25) is 0 Å². The Balaban J connectivity index is 1.36. The highest BCUT2D eigenvalue weighted by Gasteiger charge is 2.24. The maximum absolute atomic E-state index is 12.9. The molecule has 2 aromatic carbocycles. The molecular formula is C21H20N2O3. The quantitative estimate of drug-likeness (QED) is 0.774. The molecule has 2 aliphatic rings. The van der Waals surface area contributed by atoms with Crippen LogP contribution in [-0.2, 0) is 24.2 Å². The first-order chi connectivity index (χ1) is 12.8. The Morgan fingerprint density at radius 2 is 1.85 bits per heavy atom. The Kier molecular flexibility index (Phi) is 3.59. The van der Waals surface area contributed by atoms with Crippen molar-refractivity contribution in [2.75, 3.05) is 19.8 Å². The third-order valence-corrected chi connectivity index (χ3v) is 5.25. The standard InChI is InChI=1S/C21H20N2O3/c24-21(11-15-12-22-18-4-2-1-3-17(15)18)23-6-5-14-9-19-20(10-16(14)13-23)26-8-7-25-19/h1-4,9-10,12,22H,5-8,11,13H2. The Morgan fingerprint density at radius 1 is 1.08 bits per heavy atom. The molecule has 0 saturated heterocycles. The molecule has 2 aliphatic heterocycles. The summed E-state index contributed by atoms with van der Waals surface area (Å²) in [4.78, 5) is 18.1. The number of para-hydroxylation sites is 1. The van der Waals surface area contributed by atoms with Gasteiger partial charge in [0.1, 0.15) is 13.2 Å². The van der Waals surface area contributed by atoms with Crippen LogP contribution in [0.3, 0.4) is 0 Å². The fourth-order valence-corrected chi connectivity index (χ4v) is 3.86. The molecule has 0 atom stereocenters. The molecule has 1 N–H and O–H groups in total. The Labute approximate surface area is 151 Å². The fourth-order valence-electron chi connectivity index (χ4n) is 3.86. The van der Waals surface area contributed by atoms with Crippen molar-refractivity contribution >= 4 is 16.8 Å². The number of carbonyl (C=O) groups excluding carboxylic acids is 1. The van der Waals surface area contributed by atoms with Crippen molar-refractivity contribution < 1.29 is 14.3 Å². The Morgan fingerprint density at radius 3 is 2.69 bits per heavy atom. The second-order valence-corrected chi connectivity index (χ2v) is 6.87. The van der Waals surface area contributed by atoms with Crippen molar-refractivity contribution in [3.8, 4) is 11.5 Å². The van der Waals surface area contributed by atoms with Gasteiger partial charge in [0.2, 0.25) is 5.91 Å². The third-order valence-electron chi connectivity index (χ3n) is 5.25. The lowest BCUT2D eigenvalue weighted by Crippen LogP contribution is -2.37. The second kappa shape index (κ2) is 6.09. The van der Waals surface area contributed by atoms with E-state index >= 15 is 0 Å². The number of aromatic nitrogens is 1. The second-order valence-electron chi connectivity index (χ2n) is 6.87. The minimum Gasteiger partial charge on any atom is -0.486 e. The van der Waals surface area contributed by atoms with Crippen LogP contribution in [-0.4, -0.2) is 35.5 Å². The molecule has 5 rings (SSSR count). The molecule has 0 fully saturated rings. The van der Waals surface area contributed by atoms with E-state index in [4.69, 9.17) is 9.47 Å². The van der Waals surface area contributed by atoms with Gasteiger partial charge in [-0.25, -0.2) is 0 Å². The zero-order valence-electron chi connectivity index (χ0n) is 14.5. The summed E-state index contributed by atoms with van der Waals surface area (Å²) in [6, 6.07) is 12.2. The van der Waals surface area contributed by atoms with Crippen molar-refractivity contribution in [3.05, 3.63) is 59.3 Å². The molecule has 0 unspecified atom stereocenters. The maximum atomic E-state index is 12.9. The number of nitrogens with zero attached hydrogens (tertiary/aromatic N) is 1. The summed E-state index contributed by atoms with van der Waals surface area (Å²) >= 11 is 0. The third kappa shape index (κ3) is 2.60. The van der Waals surface area contributed by atoms with Gasteiger partial charge in [-0.15, -0.1) is 0 Å². The van der Waals surface area contributed by atoms with Crippen molar-refractivity contribution in [1.29, 1.82) is 0 Å². The van der Waals surface area contributed by atoms with E-state index in [0.717, 1.165) is 46.5 Å². The van der Waals surface area contributed by atoms with Gasteiger partial charge in [0.05, 0.1) is 6.42 Å². The summed E-state index contributed by atoms with van der Waals surface area (Å²) in [7, 11) is 0. The average molecular weight is 348 g/mol. The number of benzene rings is 2. The lowest BCUT2D eigenvalue weighted by molar-refractivity contribution is -0.131. The molecule has 0 aliphatic carbocycles. The fraction of sp³-hybridized carbons (Fsp3) is 0.286. The first-order valence-corrected chi connectivity index (χ1v) is 9.02. The van der Waals surface area contributed by atoms with E-state index in [0.29, 0.717) is 26.2 Å². The van der Waals surface area contributed by atoms with Crippen LogP contribution in [0.4, 0.5) is 0 Å². The lowest BCUT2D eigenvalue weighted by Gasteiger charge is -2.30. The molecule has 5 heteroatoms. The van der Waals surface area contributed by atoms with Crippen LogP contribution in [0.25, 0.3) is 10.9 Å². The Bertz CT molecular complexity index is 992. The molecule has 0 saturated carbocycles. The van der Waals surface area contributed by atoms with Gasteiger partial charge in [0.15, 0.2) is 11.5 Å². The van der Waals surface area contributed by atoms with Gasteiger partial charge in [0, 0.05) is 30.2 Å². The van der Waals surface area contributed by atoms with E-state index in [2.05, 4.69) is 17.1 Å². The van der Waals surface area contributed by atoms with Crippen molar-refractivity contribution in [2.24, 2.45) is 0 Å². The molecule has 1 aromatic heterocycles. The molecular weight excluding hydrogens is 328 g/mol. The molecule has 3 aromatic rings. The minimum absolute atomic E-state index is 0.162. The van der Waals surface area contributed by atoms with Gasteiger partial charge in [-0.1, -0.05) is 18.2 Å². The van der Waals surface area contributed by atoms with Crippen LogP contribution in [0, 0.1) is 0 Å². The average Bonchev–Trinajstić information content (AvgIpc) is 3.09. The summed E-state index contributed by atoms with van der Waals surface area (Å²) in [5.41, 5.74) is 4.54. The normalized spacial score (nSPS) is 15.8. The van der Waals surface area contributed by atoms with Crippen LogP contribution in [0.5, 0.6) is 11.5 Å². The maximum Gasteiger partial charge on any atom is 0.227 e. The Hall–Kier alpha value is -2.95. The summed E-state index contributed by atoms with van der Waals surface area (Å²) in [6.45, 7) is 2.55. The number of carbonyl (C=O) groups is 1. The molecule has 0 radical (unpaired) electrons. The molecule has 0 bridgehead atoms. The number of nitrogens with one attached hydrogen (secondary N) is 1. The van der Waals surface area contributed by atoms with Crippen molar-refractivity contribution in [2.45, 2.75) is 19.4 Å². The predicted octanol–water partition coefficient (Wildman–Crippen LogP) is 3.07. The first-order valence-electron chi connectivity index (χ1n) is 9.02. The summed E-state index contributed by atoms with van der Waals surface area (Å²) in [5, 5.41) is 1.12. The van der Waals surface area contributed by atoms with Gasteiger partial charge >= 0.3 is 0 Å². The van der Waals surface area contributed by atoms with E-state index in [1.165, 1.54) is 5.56 Å². The highest BCUT2D eigenvalue weighted by atomic mass is 16.6. The van der Waals surface area contributed by atoms with Crippen molar-refractivity contribution in [3.63, 3.8) is 0 Å². The largest absolute Gasteiger partial charge is 0.486 e.